The van der Waals surface area contributed by atoms with Gasteiger partial charge in [-0.05, 0) is 30.9 Å². The molecule has 1 aromatic carbocycles. The number of amides is 2. The Kier molecular flexibility index (Phi) is 12.1. The summed E-state index contributed by atoms with van der Waals surface area (Å²) < 4.78 is 2.09. The van der Waals surface area contributed by atoms with E-state index in [1.165, 1.54) is 0 Å². The third-order valence-corrected chi connectivity index (χ3v) is 5.54. The summed E-state index contributed by atoms with van der Waals surface area (Å²) in [5, 5.41) is 2.72. The zero-order valence-electron chi connectivity index (χ0n) is 17.9. The van der Waals surface area contributed by atoms with Gasteiger partial charge in [-0.3, -0.25) is 14.4 Å². The number of thioether (sulfide) groups is 1. The number of carbonyl (C=O) groups is 3. The quantitative estimate of drug-likeness (QED) is 0.256. The summed E-state index contributed by atoms with van der Waals surface area (Å²) in [5.41, 5.74) is 5.81. The van der Waals surface area contributed by atoms with Gasteiger partial charge in [0, 0.05) is 29.9 Å². The smallest absolute Gasteiger partial charge is 0.253 e. The number of benzene rings is 1. The summed E-state index contributed by atoms with van der Waals surface area (Å²) in [6, 6.07) is 12.1. The SMILES string of the molecule is CC(C)CC(NC(=O)c1ccccc1SC(=O)CCCC[n+]1ccccc1)C(N)=O.[Br-]. The second kappa shape index (κ2) is 14.0. The fourth-order valence-corrected chi connectivity index (χ4v) is 3.93. The summed E-state index contributed by atoms with van der Waals surface area (Å²) in [4.78, 5) is 37.4. The molecule has 0 saturated carbocycles. The third kappa shape index (κ3) is 9.65. The van der Waals surface area contributed by atoms with E-state index < -0.39 is 17.9 Å². The van der Waals surface area contributed by atoms with E-state index in [1.807, 2.05) is 44.4 Å². The maximum Gasteiger partial charge on any atom is 0.253 e. The molecule has 0 spiro atoms. The van der Waals surface area contributed by atoms with E-state index in [-0.39, 0.29) is 28.0 Å². The van der Waals surface area contributed by atoms with E-state index in [1.54, 1.807) is 24.3 Å². The number of primary amides is 1. The van der Waals surface area contributed by atoms with Crippen LogP contribution in [0, 0.1) is 5.92 Å². The van der Waals surface area contributed by atoms with Gasteiger partial charge in [-0.15, -0.1) is 0 Å². The molecule has 0 aliphatic rings. The van der Waals surface area contributed by atoms with E-state index in [0.29, 0.717) is 23.3 Å². The zero-order valence-corrected chi connectivity index (χ0v) is 20.3. The van der Waals surface area contributed by atoms with Crippen molar-refractivity contribution in [2.24, 2.45) is 11.7 Å². The highest BCUT2D eigenvalue weighted by molar-refractivity contribution is 8.13. The molecule has 1 heterocycles. The highest BCUT2D eigenvalue weighted by Crippen LogP contribution is 2.25. The summed E-state index contributed by atoms with van der Waals surface area (Å²) in [6.45, 7) is 4.78. The maximum atomic E-state index is 12.7. The van der Waals surface area contributed by atoms with Crippen molar-refractivity contribution in [3.8, 4) is 0 Å². The summed E-state index contributed by atoms with van der Waals surface area (Å²) >= 11 is 1.07. The Morgan fingerprint density at radius 1 is 1.03 bits per heavy atom. The van der Waals surface area contributed by atoms with Crippen LogP contribution in [0.3, 0.4) is 0 Å². The van der Waals surface area contributed by atoms with Gasteiger partial charge < -0.3 is 28.0 Å². The van der Waals surface area contributed by atoms with Crippen LogP contribution in [0.25, 0.3) is 0 Å². The van der Waals surface area contributed by atoms with Gasteiger partial charge in [0.15, 0.2) is 17.5 Å². The van der Waals surface area contributed by atoms with Crippen LogP contribution in [-0.4, -0.2) is 23.0 Å². The molecule has 1 atom stereocenters. The number of carbonyl (C=O) groups excluding carboxylic acids is 3. The first-order valence-corrected chi connectivity index (χ1v) is 11.0. The van der Waals surface area contributed by atoms with Crippen molar-refractivity contribution in [3.05, 3.63) is 60.4 Å². The number of rotatable bonds is 11. The van der Waals surface area contributed by atoms with Crippen LogP contribution in [0.2, 0.25) is 0 Å². The van der Waals surface area contributed by atoms with Crippen molar-refractivity contribution in [2.45, 2.75) is 57.0 Å². The fourth-order valence-electron chi connectivity index (χ4n) is 3.02. The number of nitrogens with zero attached hydrogens (tertiary/aromatic N) is 1. The molecule has 2 amide bonds. The zero-order chi connectivity index (χ0) is 21.9. The molecule has 0 bridgehead atoms. The molecule has 168 valence electrons. The molecule has 0 aliphatic heterocycles. The number of pyridine rings is 1. The van der Waals surface area contributed by atoms with Crippen molar-refractivity contribution < 1.29 is 35.9 Å². The standard InChI is InChI=1S/C23H29N3O3S.BrH/c1-17(2)16-19(22(24)28)25-23(29)18-10-4-5-11-20(18)30-21(27)12-6-9-15-26-13-7-3-8-14-26;/h3-5,7-8,10-11,13-14,17,19H,6,9,12,15-16H2,1-2H3,(H2-,24,25,28,29);1H. The number of aryl methyl sites for hydroxylation is 1. The van der Waals surface area contributed by atoms with Crippen LogP contribution >= 0.6 is 11.8 Å². The normalized spacial score (nSPS) is 11.5. The van der Waals surface area contributed by atoms with Crippen molar-refractivity contribution in [2.75, 3.05) is 0 Å². The minimum absolute atomic E-state index is 0. The van der Waals surface area contributed by atoms with Crippen LogP contribution < -0.4 is 32.6 Å². The number of unbranched alkanes of at least 4 members (excludes halogenated alkanes) is 1. The lowest BCUT2D eigenvalue weighted by atomic mass is 10.0. The van der Waals surface area contributed by atoms with Crippen molar-refractivity contribution >= 4 is 28.7 Å². The number of nitrogens with two attached hydrogens (primary N) is 1. The van der Waals surface area contributed by atoms with Crippen molar-refractivity contribution in [3.63, 3.8) is 0 Å². The lowest BCUT2D eigenvalue weighted by Crippen LogP contribution is -3.00. The third-order valence-electron chi connectivity index (χ3n) is 4.54. The molecule has 0 saturated heterocycles. The average Bonchev–Trinajstić information content (AvgIpc) is 2.71. The van der Waals surface area contributed by atoms with Gasteiger partial charge in [-0.1, -0.05) is 43.8 Å². The first-order valence-electron chi connectivity index (χ1n) is 10.2. The number of hydrogen-bond donors (Lipinski definition) is 2. The Labute approximate surface area is 198 Å². The Balaban J connectivity index is 0.00000480. The monoisotopic (exact) mass is 507 g/mol. The second-order valence-corrected chi connectivity index (χ2v) is 8.70. The second-order valence-electron chi connectivity index (χ2n) is 7.60. The predicted octanol–water partition coefficient (Wildman–Crippen LogP) is 0.0971. The molecule has 1 aromatic heterocycles. The number of aromatic nitrogens is 1. The molecule has 0 fully saturated rings. The summed E-state index contributed by atoms with van der Waals surface area (Å²) in [5.74, 6) is -0.742. The van der Waals surface area contributed by atoms with Crippen molar-refractivity contribution in [1.29, 1.82) is 0 Å². The Hall–Kier alpha value is -2.19. The highest BCUT2D eigenvalue weighted by atomic mass is 79.9. The molecule has 2 rings (SSSR count). The molecular weight excluding hydrogens is 478 g/mol. The molecular formula is C23H30BrN3O3S. The van der Waals surface area contributed by atoms with E-state index in [4.69, 9.17) is 5.73 Å². The first kappa shape index (κ1) is 26.8. The van der Waals surface area contributed by atoms with Gasteiger partial charge in [-0.25, -0.2) is 4.57 Å². The Bertz CT molecular complexity index is 862. The topological polar surface area (TPSA) is 93.1 Å². The molecule has 0 aliphatic carbocycles. The molecule has 6 nitrogen and oxygen atoms in total. The Morgan fingerprint density at radius 3 is 2.35 bits per heavy atom. The molecule has 1 unspecified atom stereocenters. The highest BCUT2D eigenvalue weighted by Gasteiger charge is 2.22. The number of nitrogens with one attached hydrogen (secondary N) is 1. The van der Waals surface area contributed by atoms with Crippen molar-refractivity contribution in [1.82, 2.24) is 5.32 Å². The van der Waals surface area contributed by atoms with Gasteiger partial charge in [0.1, 0.15) is 12.6 Å². The predicted molar refractivity (Wildman–Crippen MR) is 118 cm³/mol. The van der Waals surface area contributed by atoms with E-state index in [0.717, 1.165) is 31.1 Å². The van der Waals surface area contributed by atoms with Crippen LogP contribution in [0.5, 0.6) is 0 Å². The first-order chi connectivity index (χ1) is 14.4. The largest absolute Gasteiger partial charge is 1.00 e. The van der Waals surface area contributed by atoms with Gasteiger partial charge in [-0.2, -0.15) is 0 Å². The summed E-state index contributed by atoms with van der Waals surface area (Å²) in [7, 11) is 0. The number of hydrogen-bond acceptors (Lipinski definition) is 4. The average molecular weight is 508 g/mol. The van der Waals surface area contributed by atoms with Crippen LogP contribution in [0.4, 0.5) is 0 Å². The summed E-state index contributed by atoms with van der Waals surface area (Å²) in [6.07, 6.45) is 6.59. The Morgan fingerprint density at radius 2 is 1.71 bits per heavy atom. The molecule has 3 N–H and O–H groups in total. The molecule has 31 heavy (non-hydrogen) atoms. The minimum Gasteiger partial charge on any atom is -1.00 e. The van der Waals surface area contributed by atoms with Crippen LogP contribution in [0.15, 0.2) is 59.8 Å². The van der Waals surface area contributed by atoms with E-state index in [9.17, 15) is 14.4 Å². The lowest BCUT2D eigenvalue weighted by molar-refractivity contribution is -0.697. The molecule has 2 aromatic rings. The lowest BCUT2D eigenvalue weighted by Gasteiger charge is -2.18. The van der Waals surface area contributed by atoms with Gasteiger partial charge in [0.05, 0.1) is 5.56 Å². The van der Waals surface area contributed by atoms with Crippen LogP contribution in [0.1, 0.15) is 49.9 Å². The molecule has 8 heteroatoms. The van der Waals surface area contributed by atoms with E-state index >= 15 is 0 Å². The maximum absolute atomic E-state index is 12.7. The van der Waals surface area contributed by atoms with Gasteiger partial charge >= 0.3 is 0 Å². The van der Waals surface area contributed by atoms with E-state index in [2.05, 4.69) is 9.88 Å². The van der Waals surface area contributed by atoms with Gasteiger partial charge in [0.2, 0.25) is 5.91 Å². The fraction of sp³-hybridized carbons (Fsp3) is 0.391. The molecule has 0 radical (unpaired) electrons. The minimum atomic E-state index is -0.734. The number of halogens is 1. The van der Waals surface area contributed by atoms with Gasteiger partial charge in [0.25, 0.3) is 5.91 Å². The van der Waals surface area contributed by atoms with Crippen LogP contribution in [-0.2, 0) is 16.1 Å².